The third kappa shape index (κ3) is 5.64. The highest BCUT2D eigenvalue weighted by molar-refractivity contribution is 5.71. The van der Waals surface area contributed by atoms with Gasteiger partial charge in [-0.25, -0.2) is 9.37 Å². The number of halogens is 1. The van der Waals surface area contributed by atoms with Crippen molar-refractivity contribution in [2.75, 3.05) is 51.3 Å². The normalized spacial score (nSPS) is 26.8. The molecule has 2 aromatic heterocycles. The van der Waals surface area contributed by atoms with Gasteiger partial charge in [-0.15, -0.1) is 10.2 Å². The Bertz CT molecular complexity index is 1560. The van der Waals surface area contributed by atoms with Gasteiger partial charge >= 0.3 is 0 Å². The smallest absolute Gasteiger partial charge is 0.282 e. The highest BCUT2D eigenvalue weighted by Gasteiger charge is 2.53. The monoisotopic (exact) mass is 628 g/mol. The second kappa shape index (κ2) is 12.1. The van der Waals surface area contributed by atoms with Crippen LogP contribution in [0.15, 0.2) is 36.8 Å². The van der Waals surface area contributed by atoms with E-state index in [1.54, 1.807) is 12.3 Å². The first-order valence-corrected chi connectivity index (χ1v) is 17.1. The first-order chi connectivity index (χ1) is 22.4. The summed E-state index contributed by atoms with van der Waals surface area (Å²) in [6.07, 6.45) is 10.7. The quantitative estimate of drug-likeness (QED) is 0.299. The summed E-state index contributed by atoms with van der Waals surface area (Å²) >= 11 is 0. The Labute approximate surface area is 270 Å². The standard InChI is InChI=1S/C35H45FN8O2/c1-22(2)32(24-14-26(15-24)42-12-9-27(17-42)45-3)44-19-35(20-44)10-13-43(18-35)33-34(41-39-21-37-33)46-30-7-6-25(36)16-29(30)31-28(23-4-5-23)8-11-38-40-31/h6-8,11,16,21-24,26-27,32H,4-5,9-10,12-15,17-20H2,1-3H3/t24?,26?,27-,32-/m0/s1. The fourth-order valence-corrected chi connectivity index (χ4v) is 8.85. The van der Waals surface area contributed by atoms with Gasteiger partial charge < -0.3 is 14.4 Å². The number of methoxy groups -OCH3 is 1. The molecule has 0 N–H and O–H groups in total. The zero-order valence-corrected chi connectivity index (χ0v) is 27.2. The van der Waals surface area contributed by atoms with Crippen LogP contribution in [0.1, 0.15) is 63.9 Å². The minimum Gasteiger partial charge on any atom is -0.434 e. The average molecular weight is 629 g/mol. The molecule has 2 saturated carbocycles. The van der Waals surface area contributed by atoms with Crippen LogP contribution in [0.5, 0.6) is 11.6 Å². The Morgan fingerprint density at radius 2 is 1.85 bits per heavy atom. The summed E-state index contributed by atoms with van der Waals surface area (Å²) in [5.41, 5.74) is 2.55. The van der Waals surface area contributed by atoms with Crippen LogP contribution in [0.4, 0.5) is 10.2 Å². The molecule has 0 radical (unpaired) electrons. The van der Waals surface area contributed by atoms with Crippen LogP contribution < -0.4 is 9.64 Å². The molecule has 3 aliphatic heterocycles. The fraction of sp³-hybridized carbons (Fsp3) is 0.629. The number of hydrogen-bond acceptors (Lipinski definition) is 10. The second-order valence-corrected chi connectivity index (χ2v) is 14.8. The summed E-state index contributed by atoms with van der Waals surface area (Å²) in [6, 6.07) is 7.85. The Balaban J connectivity index is 0.944. The Morgan fingerprint density at radius 3 is 2.61 bits per heavy atom. The van der Waals surface area contributed by atoms with Gasteiger partial charge in [0.15, 0.2) is 5.82 Å². The van der Waals surface area contributed by atoms with Crippen LogP contribution >= 0.6 is 0 Å². The summed E-state index contributed by atoms with van der Waals surface area (Å²) in [5, 5.41) is 16.9. The number of ether oxygens (including phenoxy) is 2. The molecule has 1 aromatic carbocycles. The molecule has 1 spiro atoms. The highest BCUT2D eigenvalue weighted by atomic mass is 19.1. The van der Waals surface area contributed by atoms with Gasteiger partial charge in [-0.1, -0.05) is 13.8 Å². The first-order valence-electron chi connectivity index (χ1n) is 17.1. The van der Waals surface area contributed by atoms with E-state index in [1.165, 1.54) is 44.3 Å². The molecule has 11 heteroatoms. The van der Waals surface area contributed by atoms with Crippen molar-refractivity contribution in [1.29, 1.82) is 0 Å². The largest absolute Gasteiger partial charge is 0.434 e. The minimum absolute atomic E-state index is 0.249. The molecule has 46 heavy (non-hydrogen) atoms. The molecule has 8 rings (SSSR count). The maximum Gasteiger partial charge on any atom is 0.282 e. The van der Waals surface area contributed by atoms with Gasteiger partial charge in [0, 0.05) is 75.6 Å². The van der Waals surface area contributed by atoms with Gasteiger partial charge in [-0.2, -0.15) is 10.2 Å². The van der Waals surface area contributed by atoms with E-state index in [-0.39, 0.29) is 11.2 Å². The molecule has 3 aromatic rings. The van der Waals surface area contributed by atoms with Crippen molar-refractivity contribution in [2.24, 2.45) is 17.3 Å². The van der Waals surface area contributed by atoms with Crippen molar-refractivity contribution in [3.63, 3.8) is 0 Å². The molecule has 2 aliphatic carbocycles. The van der Waals surface area contributed by atoms with Gasteiger partial charge in [-0.05, 0) is 86.1 Å². The number of nitrogens with zero attached hydrogens (tertiary/aromatic N) is 8. The van der Waals surface area contributed by atoms with E-state index in [0.29, 0.717) is 52.7 Å². The van der Waals surface area contributed by atoms with E-state index in [1.807, 2.05) is 13.2 Å². The van der Waals surface area contributed by atoms with Gasteiger partial charge in [0.05, 0.1) is 6.10 Å². The molecule has 3 saturated heterocycles. The zero-order chi connectivity index (χ0) is 31.4. The molecule has 5 fully saturated rings. The van der Waals surface area contributed by atoms with Crippen molar-refractivity contribution in [2.45, 2.75) is 76.5 Å². The van der Waals surface area contributed by atoms with E-state index in [4.69, 9.17) is 9.47 Å². The molecule has 2 atom stereocenters. The number of anilines is 1. The Morgan fingerprint density at radius 1 is 1.00 bits per heavy atom. The number of benzene rings is 1. The van der Waals surface area contributed by atoms with Crippen molar-refractivity contribution < 1.29 is 13.9 Å². The molecule has 5 aliphatic rings. The highest BCUT2D eigenvalue weighted by Crippen LogP contribution is 2.49. The third-order valence-corrected chi connectivity index (χ3v) is 11.3. The summed E-state index contributed by atoms with van der Waals surface area (Å²) in [7, 11) is 1.85. The maximum absolute atomic E-state index is 14.5. The predicted molar refractivity (Wildman–Crippen MR) is 172 cm³/mol. The second-order valence-electron chi connectivity index (χ2n) is 14.8. The van der Waals surface area contributed by atoms with Crippen molar-refractivity contribution >= 4 is 5.82 Å². The van der Waals surface area contributed by atoms with Gasteiger partial charge in [0.2, 0.25) is 0 Å². The molecular weight excluding hydrogens is 583 g/mol. The van der Waals surface area contributed by atoms with Crippen molar-refractivity contribution in [1.82, 2.24) is 35.2 Å². The van der Waals surface area contributed by atoms with E-state index in [0.717, 1.165) is 69.5 Å². The van der Waals surface area contributed by atoms with E-state index in [9.17, 15) is 4.39 Å². The maximum atomic E-state index is 14.5. The van der Waals surface area contributed by atoms with Crippen molar-refractivity contribution in [3.05, 3.63) is 48.2 Å². The Hall–Kier alpha value is -3.28. The molecule has 5 heterocycles. The predicted octanol–water partition coefficient (Wildman–Crippen LogP) is 5.17. The SMILES string of the molecule is CO[C@H]1CCN(C2CC([C@H](C(C)C)N3CC4(CCN(c5ncnnc5Oc5ccc(F)cc5-c5nnccc5C5CC5)C4)C3)C2)C1. The van der Waals surface area contributed by atoms with Crippen molar-refractivity contribution in [3.8, 4) is 22.9 Å². The van der Waals surface area contributed by atoms with Crippen LogP contribution in [-0.4, -0.2) is 99.7 Å². The van der Waals surface area contributed by atoms with Crippen LogP contribution in [0, 0.1) is 23.1 Å². The van der Waals surface area contributed by atoms with Crippen LogP contribution in [-0.2, 0) is 4.74 Å². The van der Waals surface area contributed by atoms with Crippen LogP contribution in [0.3, 0.4) is 0 Å². The summed E-state index contributed by atoms with van der Waals surface area (Å²) in [5.74, 6) is 2.97. The number of hydrogen-bond donors (Lipinski definition) is 0. The Kier molecular flexibility index (Phi) is 7.89. The van der Waals surface area contributed by atoms with Crippen LogP contribution in [0.25, 0.3) is 11.3 Å². The number of rotatable bonds is 10. The lowest BCUT2D eigenvalue weighted by Gasteiger charge is -2.57. The lowest BCUT2D eigenvalue weighted by molar-refractivity contribution is -0.0790. The lowest BCUT2D eigenvalue weighted by Crippen LogP contribution is -2.65. The van der Waals surface area contributed by atoms with Gasteiger partial charge in [-0.3, -0.25) is 9.80 Å². The first kappa shape index (κ1) is 30.1. The molecule has 0 bridgehead atoms. The molecule has 10 nitrogen and oxygen atoms in total. The fourth-order valence-electron chi connectivity index (χ4n) is 8.85. The van der Waals surface area contributed by atoms with E-state index >= 15 is 0 Å². The summed E-state index contributed by atoms with van der Waals surface area (Å²) in [6.45, 7) is 11.1. The van der Waals surface area contributed by atoms with Crippen LogP contribution in [0.2, 0.25) is 0 Å². The van der Waals surface area contributed by atoms with Gasteiger partial charge in [0.1, 0.15) is 23.6 Å². The third-order valence-electron chi connectivity index (χ3n) is 11.3. The molecule has 0 amide bonds. The van der Waals surface area contributed by atoms with E-state index in [2.05, 4.69) is 53.9 Å². The minimum atomic E-state index is -0.351. The van der Waals surface area contributed by atoms with E-state index < -0.39 is 0 Å². The topological polar surface area (TPSA) is 92.6 Å². The zero-order valence-electron chi connectivity index (χ0n) is 27.2. The number of likely N-dealkylation sites (tertiary alicyclic amines) is 2. The molecule has 0 unspecified atom stereocenters. The number of aromatic nitrogens is 5. The van der Waals surface area contributed by atoms with Gasteiger partial charge in [0.25, 0.3) is 5.88 Å². The lowest BCUT2D eigenvalue weighted by atomic mass is 9.68. The molecular formula is C35H45FN8O2. The average Bonchev–Trinajstić information content (AvgIpc) is 3.60. The molecule has 244 valence electrons. The summed E-state index contributed by atoms with van der Waals surface area (Å²) < 4.78 is 26.6. The summed E-state index contributed by atoms with van der Waals surface area (Å²) in [4.78, 5) is 12.4.